The molecule has 2 aromatic rings. The van der Waals surface area contributed by atoms with E-state index < -0.39 is 6.03 Å². The Morgan fingerprint density at radius 3 is 2.62 bits per heavy atom. The van der Waals surface area contributed by atoms with E-state index in [0.717, 1.165) is 0 Å². The van der Waals surface area contributed by atoms with Crippen LogP contribution in [0.3, 0.4) is 0 Å². The second kappa shape index (κ2) is 8.42. The predicted molar refractivity (Wildman–Crippen MR) is 95.1 cm³/mol. The fourth-order valence-corrected chi connectivity index (χ4v) is 2.10. The molecule has 3 amide bonds. The number of hydrogen-bond donors (Lipinski definition) is 3. The van der Waals surface area contributed by atoms with Crippen LogP contribution in [-0.4, -0.2) is 25.6 Å². The Kier molecular flexibility index (Phi) is 6.28. The van der Waals surface area contributed by atoms with Gasteiger partial charge in [0.05, 0.1) is 10.7 Å². The summed E-state index contributed by atoms with van der Waals surface area (Å²) in [5.41, 5.74) is 0.897. The molecule has 0 saturated carbocycles. The summed E-state index contributed by atoms with van der Waals surface area (Å²) in [4.78, 5) is 23.2. The molecule has 8 heteroatoms. The second-order valence-corrected chi connectivity index (χ2v) is 5.54. The fraction of sp³-hybridized carbons (Fsp3) is 0.125. The summed E-state index contributed by atoms with van der Waals surface area (Å²) in [6, 6.07) is 10.9. The lowest BCUT2D eigenvalue weighted by Gasteiger charge is -2.11. The van der Waals surface area contributed by atoms with Gasteiger partial charge in [0.25, 0.3) is 5.91 Å². The highest BCUT2D eigenvalue weighted by molar-refractivity contribution is 6.35. The van der Waals surface area contributed by atoms with E-state index in [-0.39, 0.29) is 12.5 Å². The lowest BCUT2D eigenvalue weighted by Crippen LogP contribution is -2.24. The fourth-order valence-electron chi connectivity index (χ4n) is 1.76. The Bertz CT molecular complexity index is 753. The number of carbonyl (C=O) groups excluding carboxylic acids is 2. The molecule has 0 aromatic heterocycles. The average Bonchev–Trinajstić information content (AvgIpc) is 2.56. The molecule has 0 atom stereocenters. The van der Waals surface area contributed by atoms with E-state index in [1.54, 1.807) is 42.5 Å². The number of nitrogens with one attached hydrogen (secondary N) is 3. The largest absolute Gasteiger partial charge is 0.484 e. The van der Waals surface area contributed by atoms with Gasteiger partial charge in [-0.1, -0.05) is 29.3 Å². The number of benzene rings is 2. The zero-order chi connectivity index (χ0) is 17.5. The molecule has 2 aromatic carbocycles. The topological polar surface area (TPSA) is 79.5 Å². The smallest absolute Gasteiger partial charge is 0.323 e. The Balaban J connectivity index is 1.98. The molecule has 0 spiro atoms. The summed E-state index contributed by atoms with van der Waals surface area (Å²) in [5, 5.41) is 8.54. The number of likely N-dealkylation sites (N-methyl/N-ethyl adjacent to an activating group) is 1. The maximum absolute atomic E-state index is 12.0. The van der Waals surface area contributed by atoms with E-state index in [9.17, 15) is 9.59 Å². The molecule has 24 heavy (non-hydrogen) atoms. The molecule has 0 bridgehead atoms. The first-order valence-electron chi connectivity index (χ1n) is 6.94. The van der Waals surface area contributed by atoms with Gasteiger partial charge in [0.2, 0.25) is 0 Å². The number of hydrogen-bond acceptors (Lipinski definition) is 3. The van der Waals surface area contributed by atoms with E-state index in [1.807, 2.05) is 0 Å². The maximum atomic E-state index is 12.0. The summed E-state index contributed by atoms with van der Waals surface area (Å²) in [6.07, 6.45) is 0. The lowest BCUT2D eigenvalue weighted by molar-refractivity contribution is -0.122. The van der Waals surface area contributed by atoms with Crippen molar-refractivity contribution in [2.75, 3.05) is 24.3 Å². The van der Waals surface area contributed by atoms with Crippen LogP contribution in [0, 0.1) is 0 Å². The number of urea groups is 1. The Morgan fingerprint density at radius 1 is 1.08 bits per heavy atom. The van der Waals surface area contributed by atoms with Gasteiger partial charge in [-0.05, 0) is 30.3 Å². The van der Waals surface area contributed by atoms with Gasteiger partial charge in [-0.15, -0.1) is 0 Å². The van der Waals surface area contributed by atoms with E-state index >= 15 is 0 Å². The van der Waals surface area contributed by atoms with E-state index in [4.69, 9.17) is 27.9 Å². The normalized spacial score (nSPS) is 9.96. The average molecular weight is 368 g/mol. The number of ether oxygens (including phenoxy) is 1. The van der Waals surface area contributed by atoms with Crippen molar-refractivity contribution in [2.45, 2.75) is 0 Å². The highest BCUT2D eigenvalue weighted by Gasteiger charge is 2.08. The van der Waals surface area contributed by atoms with Crippen molar-refractivity contribution in [2.24, 2.45) is 0 Å². The third-order valence-corrected chi connectivity index (χ3v) is 3.48. The first-order valence-corrected chi connectivity index (χ1v) is 7.70. The quantitative estimate of drug-likeness (QED) is 0.752. The standard InChI is InChI=1S/C16H15Cl2N3O3/c1-19-15(22)9-24-12-4-2-3-11(8-12)20-16(23)21-14-7-10(17)5-6-13(14)18/h2-8H,9H2,1H3,(H,19,22)(H2,20,21,23). The van der Waals surface area contributed by atoms with Crippen molar-refractivity contribution in [1.82, 2.24) is 5.32 Å². The van der Waals surface area contributed by atoms with E-state index in [1.165, 1.54) is 7.05 Å². The van der Waals surface area contributed by atoms with Gasteiger partial charge in [0.15, 0.2) is 6.61 Å². The monoisotopic (exact) mass is 367 g/mol. The van der Waals surface area contributed by atoms with Gasteiger partial charge < -0.3 is 20.7 Å². The van der Waals surface area contributed by atoms with E-state index in [2.05, 4.69) is 16.0 Å². The van der Waals surface area contributed by atoms with Crippen molar-refractivity contribution in [3.05, 3.63) is 52.5 Å². The highest BCUT2D eigenvalue weighted by atomic mass is 35.5. The molecule has 6 nitrogen and oxygen atoms in total. The van der Waals surface area contributed by atoms with E-state index in [0.29, 0.717) is 27.2 Å². The summed E-state index contributed by atoms with van der Waals surface area (Å²) < 4.78 is 5.31. The molecule has 0 saturated heterocycles. The molecule has 0 aliphatic carbocycles. The maximum Gasteiger partial charge on any atom is 0.323 e. The number of anilines is 2. The minimum atomic E-state index is -0.484. The molecule has 3 N–H and O–H groups in total. The van der Waals surface area contributed by atoms with Crippen molar-refractivity contribution in [3.8, 4) is 5.75 Å². The number of rotatable bonds is 5. The zero-order valence-electron chi connectivity index (χ0n) is 12.7. The zero-order valence-corrected chi connectivity index (χ0v) is 14.2. The minimum Gasteiger partial charge on any atom is -0.484 e. The third-order valence-electron chi connectivity index (χ3n) is 2.92. The molecule has 126 valence electrons. The molecule has 0 aliphatic rings. The van der Waals surface area contributed by atoms with Gasteiger partial charge in [0, 0.05) is 23.8 Å². The van der Waals surface area contributed by atoms with Crippen LogP contribution < -0.4 is 20.7 Å². The predicted octanol–water partition coefficient (Wildman–Crippen LogP) is 3.76. The van der Waals surface area contributed by atoms with Crippen molar-refractivity contribution in [1.29, 1.82) is 0 Å². The first-order chi connectivity index (χ1) is 11.5. The lowest BCUT2D eigenvalue weighted by atomic mass is 10.3. The molecule has 0 fully saturated rings. The Morgan fingerprint density at radius 2 is 1.88 bits per heavy atom. The third kappa shape index (κ3) is 5.33. The van der Waals surface area contributed by atoms with Crippen LogP contribution in [0.2, 0.25) is 10.0 Å². The van der Waals surface area contributed by atoms with Gasteiger partial charge in [-0.2, -0.15) is 0 Å². The van der Waals surface area contributed by atoms with Crippen LogP contribution in [0.1, 0.15) is 0 Å². The van der Waals surface area contributed by atoms with Crippen LogP contribution in [0.4, 0.5) is 16.2 Å². The number of amides is 3. The van der Waals surface area contributed by atoms with Crippen LogP contribution in [-0.2, 0) is 4.79 Å². The van der Waals surface area contributed by atoms with Gasteiger partial charge in [0.1, 0.15) is 5.75 Å². The summed E-state index contributed by atoms with van der Waals surface area (Å²) >= 11 is 11.9. The Labute approximate surface area is 149 Å². The SMILES string of the molecule is CNC(=O)COc1cccc(NC(=O)Nc2cc(Cl)ccc2Cl)c1. The molecule has 0 aliphatic heterocycles. The number of carbonyl (C=O) groups is 2. The van der Waals surface area contributed by atoms with Crippen LogP contribution in [0.15, 0.2) is 42.5 Å². The van der Waals surface area contributed by atoms with Gasteiger partial charge in [-0.3, -0.25) is 4.79 Å². The van der Waals surface area contributed by atoms with Gasteiger partial charge >= 0.3 is 6.03 Å². The van der Waals surface area contributed by atoms with Crippen molar-refractivity contribution < 1.29 is 14.3 Å². The number of halogens is 2. The highest BCUT2D eigenvalue weighted by Crippen LogP contribution is 2.25. The molecular weight excluding hydrogens is 353 g/mol. The van der Waals surface area contributed by atoms with Crippen LogP contribution in [0.25, 0.3) is 0 Å². The second-order valence-electron chi connectivity index (χ2n) is 4.69. The Hall–Kier alpha value is -2.44. The van der Waals surface area contributed by atoms with Crippen LogP contribution >= 0.6 is 23.2 Å². The van der Waals surface area contributed by atoms with Crippen molar-refractivity contribution >= 4 is 46.5 Å². The molecular formula is C16H15Cl2N3O3. The van der Waals surface area contributed by atoms with Crippen LogP contribution in [0.5, 0.6) is 5.75 Å². The molecule has 0 unspecified atom stereocenters. The first kappa shape index (κ1) is 17.9. The molecule has 0 radical (unpaired) electrons. The summed E-state index contributed by atoms with van der Waals surface area (Å²) in [6.45, 7) is -0.107. The van der Waals surface area contributed by atoms with Crippen molar-refractivity contribution in [3.63, 3.8) is 0 Å². The summed E-state index contributed by atoms with van der Waals surface area (Å²) in [5.74, 6) is 0.207. The molecule has 0 heterocycles. The van der Waals surface area contributed by atoms with Gasteiger partial charge in [-0.25, -0.2) is 4.79 Å². The minimum absolute atomic E-state index is 0.107. The molecule has 2 rings (SSSR count). The summed E-state index contributed by atoms with van der Waals surface area (Å²) in [7, 11) is 1.52.